The fourth-order valence-electron chi connectivity index (χ4n) is 3.04. The van der Waals surface area contributed by atoms with Crippen LogP contribution >= 0.6 is 34.4 Å². The van der Waals surface area contributed by atoms with Crippen LogP contribution in [0.3, 0.4) is 0 Å². The van der Waals surface area contributed by atoms with Crippen molar-refractivity contribution < 1.29 is 13.5 Å². The molecule has 0 spiro atoms. The average Bonchev–Trinajstić information content (AvgIpc) is 3.39. The molecule has 3 aromatic rings. The first-order valence-corrected chi connectivity index (χ1v) is 14.2. The summed E-state index contributed by atoms with van der Waals surface area (Å²) in [4.78, 5) is 2.42. The van der Waals surface area contributed by atoms with Crippen molar-refractivity contribution in [3.8, 4) is 5.75 Å². The summed E-state index contributed by atoms with van der Waals surface area (Å²) < 4.78 is 35.9. The lowest BCUT2D eigenvalue weighted by Crippen LogP contribution is -2.42. The molecule has 1 atom stereocenters. The van der Waals surface area contributed by atoms with Gasteiger partial charge in [0.25, 0.3) is 10.0 Å². The highest BCUT2D eigenvalue weighted by Crippen LogP contribution is 2.43. The third kappa shape index (κ3) is 5.51. The van der Waals surface area contributed by atoms with E-state index in [-0.39, 0.29) is 27.1 Å². The van der Waals surface area contributed by atoms with Crippen molar-refractivity contribution in [1.29, 1.82) is 0 Å². The van der Waals surface area contributed by atoms with Crippen molar-refractivity contribution in [2.75, 3.05) is 17.7 Å². The van der Waals surface area contributed by atoms with Crippen molar-refractivity contribution in [3.63, 3.8) is 0 Å². The SMILES string of the molecule is Cc1ccc([C@H](Nc2nsnc2Nc2csc(S(=O)(=O)N(C)C(C)(C)C)c2O)C(C)(C)C)s1. The number of hydrogen-bond acceptors (Lipinski definition) is 10. The van der Waals surface area contributed by atoms with Crippen LogP contribution in [-0.4, -0.2) is 39.2 Å². The van der Waals surface area contributed by atoms with Crippen molar-refractivity contribution >= 4 is 61.7 Å². The molecule has 0 amide bonds. The molecular weight excluding hydrogens is 499 g/mol. The van der Waals surface area contributed by atoms with E-state index in [1.807, 2.05) is 0 Å². The molecular formula is C21H31N5O3S4. The Morgan fingerprint density at radius 3 is 2.27 bits per heavy atom. The summed E-state index contributed by atoms with van der Waals surface area (Å²) in [6.45, 7) is 13.9. The van der Waals surface area contributed by atoms with Crippen molar-refractivity contribution in [2.45, 2.75) is 64.3 Å². The Labute approximate surface area is 208 Å². The molecule has 0 saturated heterocycles. The second-order valence-electron chi connectivity index (χ2n) is 9.91. The molecule has 0 aromatic carbocycles. The molecule has 0 bridgehead atoms. The predicted molar refractivity (Wildman–Crippen MR) is 139 cm³/mol. The van der Waals surface area contributed by atoms with Gasteiger partial charge in [0, 0.05) is 27.7 Å². The zero-order valence-corrected chi connectivity index (χ0v) is 23.3. The summed E-state index contributed by atoms with van der Waals surface area (Å²) in [5.41, 5.74) is -0.446. The fraction of sp³-hybridized carbons (Fsp3) is 0.524. The standard InChI is InChI=1S/C21H31N5O3S4/c1-12-9-10-14(31-12)16(20(2,3)4)23-18-17(24-32-25-18)22-13-11-30-19(15(13)27)33(28,29)26(8)21(5,6)7/h9-11,16,27H,1-8H3,(H,22,24)(H,23,25)/t16-/m0/s1. The Bertz CT molecular complexity index is 1220. The van der Waals surface area contributed by atoms with E-state index in [9.17, 15) is 13.5 Å². The van der Waals surface area contributed by atoms with Gasteiger partial charge in [0.15, 0.2) is 21.6 Å². The minimum Gasteiger partial charge on any atom is -0.504 e. The van der Waals surface area contributed by atoms with Gasteiger partial charge in [-0.25, -0.2) is 8.42 Å². The zero-order chi connectivity index (χ0) is 24.8. The van der Waals surface area contributed by atoms with Gasteiger partial charge in [0.2, 0.25) is 0 Å². The van der Waals surface area contributed by atoms with E-state index in [0.717, 1.165) is 23.1 Å². The van der Waals surface area contributed by atoms with Crippen LogP contribution < -0.4 is 10.6 Å². The largest absolute Gasteiger partial charge is 0.504 e. The van der Waals surface area contributed by atoms with Crippen LogP contribution in [0.15, 0.2) is 21.7 Å². The number of hydrogen-bond donors (Lipinski definition) is 3. The Morgan fingerprint density at radius 1 is 1.09 bits per heavy atom. The van der Waals surface area contributed by atoms with Crippen LogP contribution in [-0.2, 0) is 10.0 Å². The Hall–Kier alpha value is -1.73. The lowest BCUT2D eigenvalue weighted by Gasteiger charge is -2.31. The van der Waals surface area contributed by atoms with Gasteiger partial charge in [-0.05, 0) is 45.2 Å². The lowest BCUT2D eigenvalue weighted by molar-refractivity contribution is 0.291. The number of thiophene rings is 2. The molecule has 0 saturated carbocycles. The summed E-state index contributed by atoms with van der Waals surface area (Å²) in [6, 6.07) is 4.20. The number of nitrogens with zero attached hydrogens (tertiary/aromatic N) is 3. The smallest absolute Gasteiger partial charge is 0.256 e. The van der Waals surface area contributed by atoms with Gasteiger partial charge in [-0.2, -0.15) is 13.1 Å². The highest BCUT2D eigenvalue weighted by molar-refractivity contribution is 7.91. The van der Waals surface area contributed by atoms with Crippen LogP contribution in [0.5, 0.6) is 5.75 Å². The number of aromatic nitrogens is 2. The average molecular weight is 530 g/mol. The maximum absolute atomic E-state index is 13.0. The highest BCUT2D eigenvalue weighted by Gasteiger charge is 2.35. The lowest BCUT2D eigenvalue weighted by atomic mass is 9.86. The van der Waals surface area contributed by atoms with Gasteiger partial charge in [0.05, 0.1) is 23.5 Å². The first-order chi connectivity index (χ1) is 15.1. The molecule has 182 valence electrons. The van der Waals surface area contributed by atoms with Crippen LogP contribution in [0.4, 0.5) is 17.3 Å². The zero-order valence-electron chi connectivity index (χ0n) is 20.0. The van der Waals surface area contributed by atoms with Gasteiger partial charge in [-0.1, -0.05) is 20.8 Å². The molecule has 0 radical (unpaired) electrons. The topological polar surface area (TPSA) is 107 Å². The minimum absolute atomic E-state index is 0.00639. The van der Waals surface area contributed by atoms with Gasteiger partial charge in [-0.15, -0.1) is 22.7 Å². The van der Waals surface area contributed by atoms with E-state index in [1.54, 1.807) is 37.5 Å². The number of anilines is 3. The third-order valence-electron chi connectivity index (χ3n) is 5.21. The van der Waals surface area contributed by atoms with Crippen LogP contribution in [0.2, 0.25) is 0 Å². The normalized spacial score (nSPS) is 14.0. The molecule has 33 heavy (non-hydrogen) atoms. The second kappa shape index (κ2) is 9.14. The number of aryl methyl sites for hydroxylation is 1. The second-order valence-corrected chi connectivity index (χ2v) is 14.8. The summed E-state index contributed by atoms with van der Waals surface area (Å²) in [5, 5.41) is 18.9. The maximum Gasteiger partial charge on any atom is 0.256 e. The van der Waals surface area contributed by atoms with Crippen molar-refractivity contribution in [3.05, 3.63) is 27.3 Å². The van der Waals surface area contributed by atoms with E-state index >= 15 is 0 Å². The van der Waals surface area contributed by atoms with E-state index in [4.69, 9.17) is 0 Å². The maximum atomic E-state index is 13.0. The van der Waals surface area contributed by atoms with Crippen molar-refractivity contribution in [2.24, 2.45) is 5.41 Å². The third-order valence-corrected chi connectivity index (χ3v) is 10.4. The molecule has 0 aliphatic rings. The van der Waals surface area contributed by atoms with E-state index in [1.165, 1.54) is 21.1 Å². The summed E-state index contributed by atoms with van der Waals surface area (Å²) in [5.74, 6) is 0.660. The number of sulfonamides is 1. The van der Waals surface area contributed by atoms with Gasteiger partial charge >= 0.3 is 0 Å². The molecule has 0 fully saturated rings. The van der Waals surface area contributed by atoms with E-state index in [0.29, 0.717) is 11.6 Å². The number of nitrogens with one attached hydrogen (secondary N) is 2. The molecule has 3 N–H and O–H groups in total. The Balaban J connectivity index is 1.89. The van der Waals surface area contributed by atoms with E-state index < -0.39 is 15.6 Å². The molecule has 3 aromatic heterocycles. The summed E-state index contributed by atoms with van der Waals surface area (Å²) in [6.07, 6.45) is 0. The molecule has 0 aliphatic carbocycles. The number of aromatic hydroxyl groups is 1. The monoisotopic (exact) mass is 529 g/mol. The molecule has 0 aliphatic heterocycles. The molecule has 8 nitrogen and oxygen atoms in total. The first-order valence-electron chi connectivity index (χ1n) is 10.3. The first kappa shape index (κ1) is 25.9. The predicted octanol–water partition coefficient (Wildman–Crippen LogP) is 6.04. The molecule has 3 heterocycles. The van der Waals surface area contributed by atoms with E-state index in [2.05, 4.69) is 59.2 Å². The fourth-order valence-corrected chi connectivity index (χ4v) is 7.60. The molecule has 3 rings (SSSR count). The van der Waals surface area contributed by atoms with Crippen LogP contribution in [0.1, 0.15) is 57.3 Å². The Kier molecular flexibility index (Phi) is 7.17. The van der Waals surface area contributed by atoms with Crippen LogP contribution in [0, 0.1) is 12.3 Å². The molecule has 12 heteroatoms. The van der Waals surface area contributed by atoms with Gasteiger partial charge in [0.1, 0.15) is 0 Å². The summed E-state index contributed by atoms with van der Waals surface area (Å²) in [7, 11) is -2.35. The highest BCUT2D eigenvalue weighted by atomic mass is 32.2. The quantitative estimate of drug-likeness (QED) is 0.343. The number of rotatable bonds is 7. The summed E-state index contributed by atoms with van der Waals surface area (Å²) >= 11 is 3.74. The van der Waals surface area contributed by atoms with Crippen LogP contribution in [0.25, 0.3) is 0 Å². The van der Waals surface area contributed by atoms with Gasteiger partial charge in [-0.3, -0.25) is 0 Å². The van der Waals surface area contributed by atoms with Crippen molar-refractivity contribution in [1.82, 2.24) is 13.1 Å². The van der Waals surface area contributed by atoms with Gasteiger partial charge < -0.3 is 15.7 Å². The minimum atomic E-state index is -3.85. The molecule has 0 unspecified atom stereocenters. The Morgan fingerprint density at radius 2 is 1.73 bits per heavy atom.